The Labute approximate surface area is 87.4 Å². The van der Waals surface area contributed by atoms with Crippen LogP contribution in [-0.4, -0.2) is 0 Å². The van der Waals surface area contributed by atoms with Crippen LogP contribution in [0.4, 0.5) is 17.6 Å². The van der Waals surface area contributed by atoms with Gasteiger partial charge in [-0.15, -0.1) is 11.6 Å². The molecule has 6 heteroatoms. The van der Waals surface area contributed by atoms with E-state index in [0.717, 1.165) is 0 Å². The van der Waals surface area contributed by atoms with Crippen LogP contribution >= 0.6 is 23.2 Å². The summed E-state index contributed by atoms with van der Waals surface area (Å²) in [6.45, 7) is 0. The zero-order valence-corrected chi connectivity index (χ0v) is 8.14. The summed E-state index contributed by atoms with van der Waals surface area (Å²) in [5.74, 6) is -1.49. The normalized spacial score (nSPS) is 11.9. The molecule has 0 radical (unpaired) electrons. The Morgan fingerprint density at radius 3 is 2.21 bits per heavy atom. The van der Waals surface area contributed by atoms with E-state index in [2.05, 4.69) is 0 Å². The lowest BCUT2D eigenvalue weighted by atomic mass is 10.1. The standard InChI is InChI=1S/C8H4Cl2F4/c9-3-4-1-7(11)5(2-6(4)10)8(12,13)14/h1-2H,3H2. The summed E-state index contributed by atoms with van der Waals surface area (Å²) in [6.07, 6.45) is -4.74. The highest BCUT2D eigenvalue weighted by Gasteiger charge is 2.34. The van der Waals surface area contributed by atoms with Crippen LogP contribution in [0.15, 0.2) is 12.1 Å². The minimum absolute atomic E-state index is 0.131. The lowest BCUT2D eigenvalue weighted by molar-refractivity contribution is -0.140. The van der Waals surface area contributed by atoms with E-state index < -0.39 is 17.6 Å². The van der Waals surface area contributed by atoms with Crippen LogP contribution in [-0.2, 0) is 12.1 Å². The Bertz CT molecular complexity index is 346. The second kappa shape index (κ2) is 3.95. The van der Waals surface area contributed by atoms with Crippen LogP contribution in [0.25, 0.3) is 0 Å². The van der Waals surface area contributed by atoms with Crippen LogP contribution in [0, 0.1) is 5.82 Å². The van der Waals surface area contributed by atoms with E-state index >= 15 is 0 Å². The summed E-state index contributed by atoms with van der Waals surface area (Å²) < 4.78 is 49.3. The zero-order valence-electron chi connectivity index (χ0n) is 6.63. The molecule has 0 spiro atoms. The van der Waals surface area contributed by atoms with E-state index in [-0.39, 0.29) is 16.5 Å². The van der Waals surface area contributed by atoms with Crippen molar-refractivity contribution in [2.24, 2.45) is 0 Å². The number of alkyl halides is 4. The minimum atomic E-state index is -4.74. The van der Waals surface area contributed by atoms with Gasteiger partial charge in [0.1, 0.15) is 5.82 Å². The molecule has 0 aromatic heterocycles. The molecule has 0 aliphatic rings. The Morgan fingerprint density at radius 2 is 1.79 bits per heavy atom. The molecule has 0 aliphatic heterocycles. The Kier molecular flexibility index (Phi) is 3.27. The van der Waals surface area contributed by atoms with E-state index in [0.29, 0.717) is 12.1 Å². The van der Waals surface area contributed by atoms with Crippen molar-refractivity contribution in [3.63, 3.8) is 0 Å². The number of benzene rings is 1. The lowest BCUT2D eigenvalue weighted by Crippen LogP contribution is -2.08. The number of hydrogen-bond donors (Lipinski definition) is 0. The monoisotopic (exact) mass is 246 g/mol. The van der Waals surface area contributed by atoms with Gasteiger partial charge in [0.2, 0.25) is 0 Å². The van der Waals surface area contributed by atoms with E-state index in [9.17, 15) is 17.6 Å². The minimum Gasteiger partial charge on any atom is -0.206 e. The van der Waals surface area contributed by atoms with Gasteiger partial charge in [-0.2, -0.15) is 13.2 Å². The van der Waals surface area contributed by atoms with Gasteiger partial charge in [-0.3, -0.25) is 0 Å². The molecule has 0 amide bonds. The third kappa shape index (κ3) is 2.30. The fraction of sp³-hybridized carbons (Fsp3) is 0.250. The smallest absolute Gasteiger partial charge is 0.206 e. The summed E-state index contributed by atoms with van der Waals surface area (Å²) in [6, 6.07) is 1.23. The SMILES string of the molecule is Fc1cc(CCl)c(Cl)cc1C(F)(F)F. The van der Waals surface area contributed by atoms with Crippen molar-refractivity contribution < 1.29 is 17.6 Å². The number of hydrogen-bond acceptors (Lipinski definition) is 0. The third-order valence-corrected chi connectivity index (χ3v) is 2.23. The topological polar surface area (TPSA) is 0 Å². The Balaban J connectivity index is 3.29. The maximum Gasteiger partial charge on any atom is 0.419 e. The average molecular weight is 247 g/mol. The van der Waals surface area contributed by atoms with Crippen LogP contribution < -0.4 is 0 Å². The molecule has 0 saturated carbocycles. The van der Waals surface area contributed by atoms with Crippen molar-refractivity contribution >= 4 is 23.2 Å². The van der Waals surface area contributed by atoms with Gasteiger partial charge in [-0.05, 0) is 17.7 Å². The molecule has 0 nitrogen and oxygen atoms in total. The van der Waals surface area contributed by atoms with Gasteiger partial charge in [0.05, 0.1) is 5.56 Å². The molecule has 0 aliphatic carbocycles. The molecule has 0 N–H and O–H groups in total. The molecule has 0 saturated heterocycles. The summed E-state index contributed by atoms with van der Waals surface area (Å²) in [7, 11) is 0. The van der Waals surface area contributed by atoms with E-state index in [1.807, 2.05) is 0 Å². The highest BCUT2D eigenvalue weighted by molar-refractivity contribution is 6.32. The fourth-order valence-electron chi connectivity index (χ4n) is 0.908. The molecule has 14 heavy (non-hydrogen) atoms. The first-order valence-electron chi connectivity index (χ1n) is 3.47. The van der Waals surface area contributed by atoms with Crippen molar-refractivity contribution in [2.45, 2.75) is 12.1 Å². The molecule has 0 unspecified atom stereocenters. The van der Waals surface area contributed by atoms with Crippen LogP contribution in [0.3, 0.4) is 0 Å². The molecule has 1 aromatic carbocycles. The van der Waals surface area contributed by atoms with Gasteiger partial charge in [-0.25, -0.2) is 4.39 Å². The van der Waals surface area contributed by atoms with Gasteiger partial charge < -0.3 is 0 Å². The molecular weight excluding hydrogens is 243 g/mol. The summed E-state index contributed by atoms with van der Waals surface area (Å²) in [4.78, 5) is 0. The van der Waals surface area contributed by atoms with E-state index in [1.54, 1.807) is 0 Å². The van der Waals surface area contributed by atoms with Crippen molar-refractivity contribution in [3.05, 3.63) is 34.1 Å². The number of rotatable bonds is 1. The Morgan fingerprint density at radius 1 is 1.21 bits per heavy atom. The molecular formula is C8H4Cl2F4. The fourth-order valence-corrected chi connectivity index (χ4v) is 1.43. The molecule has 0 atom stereocenters. The van der Waals surface area contributed by atoms with Crippen LogP contribution in [0.2, 0.25) is 5.02 Å². The second-order valence-electron chi connectivity index (χ2n) is 2.55. The molecule has 0 heterocycles. The first-order valence-corrected chi connectivity index (χ1v) is 4.38. The highest BCUT2D eigenvalue weighted by Crippen LogP contribution is 2.34. The van der Waals surface area contributed by atoms with Crippen LogP contribution in [0.1, 0.15) is 11.1 Å². The summed E-state index contributed by atoms with van der Waals surface area (Å²) in [5.41, 5.74) is -1.24. The maximum absolute atomic E-state index is 12.9. The lowest BCUT2D eigenvalue weighted by Gasteiger charge is -2.09. The Hall–Kier alpha value is -0.480. The quantitative estimate of drug-likeness (QED) is 0.514. The molecule has 1 aromatic rings. The van der Waals surface area contributed by atoms with Gasteiger partial charge in [0, 0.05) is 10.9 Å². The van der Waals surface area contributed by atoms with Crippen molar-refractivity contribution in [1.82, 2.24) is 0 Å². The summed E-state index contributed by atoms with van der Waals surface area (Å²) in [5, 5.41) is -0.186. The van der Waals surface area contributed by atoms with Crippen molar-refractivity contribution in [1.29, 1.82) is 0 Å². The highest BCUT2D eigenvalue weighted by atomic mass is 35.5. The number of halogens is 6. The molecule has 78 valence electrons. The zero-order chi connectivity index (χ0) is 10.9. The first-order chi connectivity index (χ1) is 6.36. The largest absolute Gasteiger partial charge is 0.419 e. The third-order valence-electron chi connectivity index (χ3n) is 1.59. The van der Waals surface area contributed by atoms with E-state index in [4.69, 9.17) is 23.2 Å². The maximum atomic E-state index is 12.9. The van der Waals surface area contributed by atoms with Crippen LogP contribution in [0.5, 0.6) is 0 Å². The van der Waals surface area contributed by atoms with Gasteiger partial charge in [0.15, 0.2) is 0 Å². The summed E-state index contributed by atoms with van der Waals surface area (Å²) >= 11 is 10.8. The predicted molar refractivity (Wildman–Crippen MR) is 46.0 cm³/mol. The van der Waals surface area contributed by atoms with Gasteiger partial charge >= 0.3 is 6.18 Å². The van der Waals surface area contributed by atoms with Crippen molar-refractivity contribution in [3.8, 4) is 0 Å². The predicted octanol–water partition coefficient (Wildman–Crippen LogP) is 4.24. The molecule has 1 rings (SSSR count). The van der Waals surface area contributed by atoms with E-state index in [1.165, 1.54) is 0 Å². The first kappa shape index (κ1) is 11.6. The average Bonchev–Trinajstić information content (AvgIpc) is 2.06. The molecule has 0 bridgehead atoms. The second-order valence-corrected chi connectivity index (χ2v) is 3.23. The van der Waals surface area contributed by atoms with Crippen molar-refractivity contribution in [2.75, 3.05) is 0 Å². The van der Waals surface area contributed by atoms with Gasteiger partial charge in [0.25, 0.3) is 0 Å². The molecule has 0 fully saturated rings. The van der Waals surface area contributed by atoms with Gasteiger partial charge in [-0.1, -0.05) is 11.6 Å².